The zero-order chi connectivity index (χ0) is 24.1. The molecule has 5 aromatic rings. The van der Waals surface area contributed by atoms with Gasteiger partial charge >= 0.3 is 5.69 Å². The quantitative estimate of drug-likeness (QED) is 0.398. The molecule has 0 amide bonds. The van der Waals surface area contributed by atoms with Gasteiger partial charge in [-0.3, -0.25) is 18.8 Å². The molecule has 9 nitrogen and oxygen atoms in total. The summed E-state index contributed by atoms with van der Waals surface area (Å²) < 4.78 is 16.3. The highest BCUT2D eigenvalue weighted by molar-refractivity contribution is 6.04. The zero-order valence-corrected chi connectivity index (χ0v) is 20.0. The van der Waals surface area contributed by atoms with Crippen LogP contribution in [0.5, 0.6) is 11.6 Å². The van der Waals surface area contributed by atoms with Crippen LogP contribution in [0.25, 0.3) is 38.8 Å². The van der Waals surface area contributed by atoms with E-state index in [1.54, 1.807) is 40.4 Å². The second-order valence-electron chi connectivity index (χ2n) is 8.57. The first-order valence-corrected chi connectivity index (χ1v) is 11.0. The van der Waals surface area contributed by atoms with Crippen LogP contribution in [0.2, 0.25) is 0 Å². The molecule has 0 radical (unpaired) electrons. The molecular formula is C25H26N6O3. The molecule has 0 saturated carbocycles. The largest absolute Gasteiger partial charge is 0.485 e. The second kappa shape index (κ2) is 8.02. The van der Waals surface area contributed by atoms with Crippen LogP contribution < -0.4 is 15.2 Å². The fourth-order valence-corrected chi connectivity index (χ4v) is 4.29. The standard InChI is InChI=1S/C25H26N6O3/c1-14(2)34-22-10-17(11-27-24(22)33-6)16-7-8-19-18(9-16)23-20(12-26-19)30(5)25(32)31(23)21-13-29(4)28-15(21)3/h7-14H,1-6H3. The molecule has 9 heteroatoms. The van der Waals surface area contributed by atoms with Crippen LogP contribution in [-0.2, 0) is 14.1 Å². The predicted octanol–water partition coefficient (Wildman–Crippen LogP) is 3.78. The first kappa shape index (κ1) is 21.7. The van der Waals surface area contributed by atoms with E-state index < -0.39 is 0 Å². The molecule has 0 bridgehead atoms. The summed E-state index contributed by atoms with van der Waals surface area (Å²) in [6, 6.07) is 7.90. The van der Waals surface area contributed by atoms with E-state index in [2.05, 4.69) is 15.1 Å². The highest BCUT2D eigenvalue weighted by Gasteiger charge is 2.19. The Morgan fingerprint density at radius 3 is 2.50 bits per heavy atom. The zero-order valence-electron chi connectivity index (χ0n) is 20.0. The van der Waals surface area contributed by atoms with Crippen LogP contribution in [0.15, 0.2) is 47.7 Å². The van der Waals surface area contributed by atoms with Crippen LogP contribution >= 0.6 is 0 Å². The van der Waals surface area contributed by atoms with Crippen LogP contribution in [0.1, 0.15) is 19.5 Å². The summed E-state index contributed by atoms with van der Waals surface area (Å²) in [5.41, 5.74) is 5.49. The molecule has 4 aromatic heterocycles. The van der Waals surface area contributed by atoms with E-state index in [9.17, 15) is 4.79 Å². The Morgan fingerprint density at radius 1 is 1.03 bits per heavy atom. The Morgan fingerprint density at radius 2 is 1.82 bits per heavy atom. The maximum absolute atomic E-state index is 13.3. The molecular weight excluding hydrogens is 432 g/mol. The highest BCUT2D eigenvalue weighted by Crippen LogP contribution is 2.34. The Labute approximate surface area is 196 Å². The molecule has 1 aromatic carbocycles. The van der Waals surface area contributed by atoms with Crippen molar-refractivity contribution in [3.8, 4) is 28.4 Å². The van der Waals surface area contributed by atoms with Crippen molar-refractivity contribution in [2.24, 2.45) is 14.1 Å². The van der Waals surface area contributed by atoms with Crippen LogP contribution in [0.4, 0.5) is 0 Å². The fourth-order valence-electron chi connectivity index (χ4n) is 4.29. The van der Waals surface area contributed by atoms with Crippen molar-refractivity contribution in [3.63, 3.8) is 0 Å². The van der Waals surface area contributed by atoms with E-state index in [-0.39, 0.29) is 11.8 Å². The third-order valence-corrected chi connectivity index (χ3v) is 5.82. The van der Waals surface area contributed by atoms with E-state index in [0.717, 1.165) is 44.4 Å². The summed E-state index contributed by atoms with van der Waals surface area (Å²) >= 11 is 0. The van der Waals surface area contributed by atoms with Crippen molar-refractivity contribution in [1.82, 2.24) is 28.9 Å². The summed E-state index contributed by atoms with van der Waals surface area (Å²) in [5, 5.41) is 5.30. The topological polar surface area (TPSA) is 89.0 Å². The lowest BCUT2D eigenvalue weighted by atomic mass is 10.0. The minimum atomic E-state index is -0.149. The number of fused-ring (bicyclic) bond motifs is 3. The van der Waals surface area contributed by atoms with E-state index in [1.807, 2.05) is 58.3 Å². The van der Waals surface area contributed by atoms with Gasteiger partial charge in [-0.25, -0.2) is 9.78 Å². The molecule has 4 heterocycles. The van der Waals surface area contributed by atoms with E-state index >= 15 is 0 Å². The van der Waals surface area contributed by atoms with Gasteiger partial charge in [-0.05, 0) is 44.5 Å². The molecule has 0 aliphatic carbocycles. The number of imidazole rings is 1. The average Bonchev–Trinajstić information content (AvgIpc) is 3.27. The van der Waals surface area contributed by atoms with Crippen LogP contribution in [0, 0.1) is 6.92 Å². The minimum Gasteiger partial charge on any atom is -0.485 e. The number of benzene rings is 1. The molecule has 34 heavy (non-hydrogen) atoms. The number of pyridine rings is 2. The van der Waals surface area contributed by atoms with Gasteiger partial charge in [0, 0.05) is 37.4 Å². The van der Waals surface area contributed by atoms with Gasteiger partial charge in [-0.2, -0.15) is 5.10 Å². The minimum absolute atomic E-state index is 0.0205. The van der Waals surface area contributed by atoms with Gasteiger partial charge in [0.1, 0.15) is 0 Å². The summed E-state index contributed by atoms with van der Waals surface area (Å²) in [7, 11) is 5.17. The molecule has 0 atom stereocenters. The fraction of sp³-hybridized carbons (Fsp3) is 0.280. The Bertz CT molecular complexity index is 1610. The van der Waals surface area contributed by atoms with Crippen molar-refractivity contribution in [3.05, 3.63) is 59.0 Å². The number of methoxy groups -OCH3 is 1. The first-order valence-electron chi connectivity index (χ1n) is 11.0. The molecule has 0 aliphatic rings. The molecule has 0 fully saturated rings. The Kier molecular flexibility index (Phi) is 5.11. The maximum Gasteiger partial charge on any atom is 0.333 e. The van der Waals surface area contributed by atoms with Crippen LogP contribution in [-0.4, -0.2) is 42.1 Å². The Hall–Kier alpha value is -4.14. The number of rotatable bonds is 5. The molecule has 0 spiro atoms. The van der Waals surface area contributed by atoms with Gasteiger partial charge in [-0.1, -0.05) is 6.07 Å². The summed E-state index contributed by atoms with van der Waals surface area (Å²) in [4.78, 5) is 22.3. The monoisotopic (exact) mass is 458 g/mol. The lowest BCUT2D eigenvalue weighted by molar-refractivity contribution is 0.227. The van der Waals surface area contributed by atoms with Crippen molar-refractivity contribution < 1.29 is 9.47 Å². The number of nitrogens with zero attached hydrogens (tertiary/aromatic N) is 6. The van der Waals surface area contributed by atoms with Gasteiger partial charge in [0.15, 0.2) is 5.75 Å². The van der Waals surface area contributed by atoms with Gasteiger partial charge in [0.05, 0.1) is 47.3 Å². The molecule has 0 saturated heterocycles. The van der Waals surface area contributed by atoms with Gasteiger partial charge in [-0.15, -0.1) is 0 Å². The van der Waals surface area contributed by atoms with Gasteiger partial charge in [0.25, 0.3) is 5.88 Å². The smallest absolute Gasteiger partial charge is 0.333 e. The lowest BCUT2D eigenvalue weighted by Gasteiger charge is -2.14. The molecule has 0 N–H and O–H groups in total. The van der Waals surface area contributed by atoms with Crippen molar-refractivity contribution >= 4 is 21.9 Å². The van der Waals surface area contributed by atoms with Crippen LogP contribution in [0.3, 0.4) is 0 Å². The molecule has 0 aliphatic heterocycles. The number of aromatic nitrogens is 6. The predicted molar refractivity (Wildman–Crippen MR) is 131 cm³/mol. The van der Waals surface area contributed by atoms with E-state index in [4.69, 9.17) is 9.47 Å². The number of ether oxygens (including phenoxy) is 2. The van der Waals surface area contributed by atoms with Crippen molar-refractivity contribution in [2.75, 3.05) is 7.11 Å². The number of hydrogen-bond acceptors (Lipinski definition) is 6. The van der Waals surface area contributed by atoms with E-state index in [1.165, 1.54) is 0 Å². The molecule has 5 rings (SSSR count). The first-order chi connectivity index (χ1) is 16.3. The SMILES string of the molecule is COc1ncc(-c2ccc3ncc4c(c3c2)n(-c2cn(C)nc2C)c(=O)n4C)cc1OC(C)C. The normalized spacial score (nSPS) is 11.6. The third-order valence-electron chi connectivity index (χ3n) is 5.82. The van der Waals surface area contributed by atoms with Gasteiger partial charge in [0.2, 0.25) is 0 Å². The van der Waals surface area contributed by atoms with Crippen molar-refractivity contribution in [1.29, 1.82) is 0 Å². The second-order valence-corrected chi connectivity index (χ2v) is 8.57. The summed E-state index contributed by atoms with van der Waals surface area (Å²) in [5.74, 6) is 1.01. The van der Waals surface area contributed by atoms with Gasteiger partial charge < -0.3 is 9.47 Å². The third kappa shape index (κ3) is 3.40. The number of aryl methyl sites for hydroxylation is 3. The summed E-state index contributed by atoms with van der Waals surface area (Å²) in [6.07, 6.45) is 5.33. The Balaban J connectivity index is 1.78. The average molecular weight is 459 g/mol. The lowest BCUT2D eigenvalue weighted by Crippen LogP contribution is -2.21. The van der Waals surface area contributed by atoms with Crippen molar-refractivity contribution in [2.45, 2.75) is 26.9 Å². The maximum atomic E-state index is 13.3. The summed E-state index contributed by atoms with van der Waals surface area (Å²) in [6.45, 7) is 5.81. The molecule has 0 unspecified atom stereocenters. The number of hydrogen-bond donors (Lipinski definition) is 0. The highest BCUT2D eigenvalue weighted by atomic mass is 16.5. The van der Waals surface area contributed by atoms with E-state index in [0.29, 0.717) is 11.6 Å². The molecule has 174 valence electrons.